The molecule has 6 heteroatoms. The first-order chi connectivity index (χ1) is 8.43. The van der Waals surface area contributed by atoms with Crippen LogP contribution in [-0.2, 0) is 10.1 Å². The summed E-state index contributed by atoms with van der Waals surface area (Å²) >= 11 is 0. The smallest absolute Gasteiger partial charge is 0.294 e. The standard InChI is InChI=1S/C12H15FO4S/c1-2-3-4-5-12(13)17-10-6-8-11(9-7-10)18(14,15)16/h5-9H,2-4H2,1H3,(H,14,15,16)/b12-5+. The largest absolute Gasteiger partial charge is 0.432 e. The van der Waals surface area contributed by atoms with Gasteiger partial charge in [0.2, 0.25) is 0 Å². The van der Waals surface area contributed by atoms with E-state index < -0.39 is 16.1 Å². The molecule has 0 fully saturated rings. The minimum absolute atomic E-state index is 0.174. The topological polar surface area (TPSA) is 63.6 Å². The van der Waals surface area contributed by atoms with Gasteiger partial charge in [0.15, 0.2) is 0 Å². The van der Waals surface area contributed by atoms with E-state index in [0.29, 0.717) is 6.42 Å². The molecule has 0 amide bonds. The number of rotatable bonds is 6. The third-order valence-corrected chi connectivity index (χ3v) is 3.07. The van der Waals surface area contributed by atoms with E-state index in [9.17, 15) is 12.8 Å². The molecular formula is C12H15FO4S. The second kappa shape index (κ2) is 6.51. The van der Waals surface area contributed by atoms with Crippen molar-refractivity contribution in [2.45, 2.75) is 31.1 Å². The quantitative estimate of drug-likeness (QED) is 0.491. The Bertz CT molecular complexity index is 505. The van der Waals surface area contributed by atoms with Crippen LogP contribution in [0.4, 0.5) is 4.39 Å². The van der Waals surface area contributed by atoms with Crippen LogP contribution < -0.4 is 4.74 Å². The lowest BCUT2D eigenvalue weighted by Crippen LogP contribution is -1.97. The van der Waals surface area contributed by atoms with E-state index in [2.05, 4.69) is 0 Å². The molecule has 1 N–H and O–H groups in total. The van der Waals surface area contributed by atoms with Gasteiger partial charge in [-0.25, -0.2) is 0 Å². The number of unbranched alkanes of at least 4 members (excludes halogenated alkanes) is 2. The molecule has 0 saturated carbocycles. The second-order valence-electron chi connectivity index (χ2n) is 3.70. The normalized spacial score (nSPS) is 12.5. The third kappa shape index (κ3) is 4.85. The molecule has 18 heavy (non-hydrogen) atoms. The van der Waals surface area contributed by atoms with Crippen LogP contribution in [0.25, 0.3) is 0 Å². The summed E-state index contributed by atoms with van der Waals surface area (Å²) in [7, 11) is -4.23. The van der Waals surface area contributed by atoms with Gasteiger partial charge < -0.3 is 4.74 Å². The zero-order valence-electron chi connectivity index (χ0n) is 9.97. The van der Waals surface area contributed by atoms with E-state index in [1.807, 2.05) is 6.92 Å². The van der Waals surface area contributed by atoms with E-state index >= 15 is 0 Å². The predicted octanol–water partition coefficient (Wildman–Crippen LogP) is 3.31. The fraction of sp³-hybridized carbons (Fsp3) is 0.333. The summed E-state index contributed by atoms with van der Waals surface area (Å²) in [6.07, 6.45) is 3.76. The second-order valence-corrected chi connectivity index (χ2v) is 5.12. The monoisotopic (exact) mass is 274 g/mol. The van der Waals surface area contributed by atoms with Crippen molar-refractivity contribution in [1.29, 1.82) is 0 Å². The first kappa shape index (κ1) is 14.7. The Morgan fingerprint density at radius 3 is 2.50 bits per heavy atom. The van der Waals surface area contributed by atoms with Crippen LogP contribution in [0.5, 0.6) is 5.75 Å². The highest BCUT2D eigenvalue weighted by atomic mass is 32.2. The molecule has 0 saturated heterocycles. The average Bonchev–Trinajstić information content (AvgIpc) is 2.29. The Hall–Kier alpha value is -1.40. The highest BCUT2D eigenvalue weighted by Gasteiger charge is 2.09. The van der Waals surface area contributed by atoms with Crippen molar-refractivity contribution >= 4 is 10.1 Å². The third-order valence-electron chi connectivity index (χ3n) is 2.20. The summed E-state index contributed by atoms with van der Waals surface area (Å²) in [6.45, 7) is 2.00. The van der Waals surface area contributed by atoms with E-state index in [1.165, 1.54) is 18.2 Å². The maximum atomic E-state index is 13.2. The molecule has 0 aliphatic carbocycles. The van der Waals surface area contributed by atoms with Crippen molar-refractivity contribution < 1.29 is 22.1 Å². The highest BCUT2D eigenvalue weighted by molar-refractivity contribution is 7.85. The lowest BCUT2D eigenvalue weighted by Gasteiger charge is -2.03. The molecular weight excluding hydrogens is 259 g/mol. The van der Waals surface area contributed by atoms with Crippen LogP contribution in [0.3, 0.4) is 0 Å². The van der Waals surface area contributed by atoms with Crippen molar-refractivity contribution in [1.82, 2.24) is 0 Å². The lowest BCUT2D eigenvalue weighted by molar-refractivity contribution is 0.299. The van der Waals surface area contributed by atoms with Gasteiger partial charge in [0.1, 0.15) is 5.75 Å². The van der Waals surface area contributed by atoms with Crippen molar-refractivity contribution in [2.24, 2.45) is 0 Å². The van der Waals surface area contributed by atoms with Gasteiger partial charge in [0.25, 0.3) is 16.1 Å². The van der Waals surface area contributed by atoms with Crippen LogP contribution in [0, 0.1) is 0 Å². The number of hydrogen-bond acceptors (Lipinski definition) is 3. The van der Waals surface area contributed by atoms with E-state index in [1.54, 1.807) is 0 Å². The Kier molecular flexibility index (Phi) is 5.30. The summed E-state index contributed by atoms with van der Waals surface area (Å²) in [5.74, 6) is 0.174. The van der Waals surface area contributed by atoms with Gasteiger partial charge in [-0.1, -0.05) is 13.3 Å². The average molecular weight is 274 g/mol. The zero-order chi connectivity index (χ0) is 13.6. The molecule has 1 aromatic carbocycles. The Morgan fingerprint density at radius 1 is 1.39 bits per heavy atom. The predicted molar refractivity (Wildman–Crippen MR) is 65.6 cm³/mol. The van der Waals surface area contributed by atoms with Crippen molar-refractivity contribution in [3.63, 3.8) is 0 Å². The molecule has 0 aromatic heterocycles. The van der Waals surface area contributed by atoms with Gasteiger partial charge in [0, 0.05) is 0 Å². The Labute approximate surface area is 106 Å². The van der Waals surface area contributed by atoms with Crippen molar-refractivity contribution in [2.75, 3.05) is 0 Å². The zero-order valence-corrected chi connectivity index (χ0v) is 10.8. The first-order valence-corrected chi connectivity index (χ1v) is 6.98. The Balaban J connectivity index is 2.67. The van der Waals surface area contributed by atoms with Gasteiger partial charge in [0.05, 0.1) is 4.90 Å². The van der Waals surface area contributed by atoms with Gasteiger partial charge in [-0.3, -0.25) is 4.55 Å². The minimum atomic E-state index is -4.23. The van der Waals surface area contributed by atoms with Gasteiger partial charge >= 0.3 is 0 Å². The molecule has 0 spiro atoms. The molecule has 1 rings (SSSR count). The number of ether oxygens (including phenoxy) is 1. The Morgan fingerprint density at radius 2 is 2.00 bits per heavy atom. The molecule has 0 atom stereocenters. The summed E-state index contributed by atoms with van der Waals surface area (Å²) < 4.78 is 48.4. The summed E-state index contributed by atoms with van der Waals surface area (Å²) in [6, 6.07) is 4.11. The fourth-order valence-corrected chi connectivity index (χ4v) is 1.73. The first-order valence-electron chi connectivity index (χ1n) is 5.54. The molecule has 0 aliphatic rings. The maximum Gasteiger partial charge on any atom is 0.294 e. The van der Waals surface area contributed by atoms with Crippen LogP contribution in [0.1, 0.15) is 26.2 Å². The van der Waals surface area contributed by atoms with E-state index in [4.69, 9.17) is 9.29 Å². The summed E-state index contributed by atoms with van der Waals surface area (Å²) in [5, 5.41) is 0. The van der Waals surface area contributed by atoms with Crippen molar-refractivity contribution in [3.05, 3.63) is 36.4 Å². The number of allylic oxidation sites excluding steroid dienone is 1. The lowest BCUT2D eigenvalue weighted by atomic mass is 10.2. The van der Waals surface area contributed by atoms with E-state index in [-0.39, 0.29) is 10.6 Å². The van der Waals surface area contributed by atoms with Gasteiger partial charge in [-0.15, -0.1) is 0 Å². The molecule has 0 aliphatic heterocycles. The molecule has 1 aromatic rings. The maximum absolute atomic E-state index is 13.2. The summed E-state index contributed by atoms with van der Waals surface area (Å²) in [4.78, 5) is -0.259. The molecule has 0 radical (unpaired) electrons. The number of hydrogen-bond donors (Lipinski definition) is 1. The number of halogens is 1. The van der Waals surface area contributed by atoms with Crippen molar-refractivity contribution in [3.8, 4) is 5.75 Å². The molecule has 0 unspecified atom stereocenters. The molecule has 0 bridgehead atoms. The van der Waals surface area contributed by atoms with Crippen LogP contribution in [0.2, 0.25) is 0 Å². The SMILES string of the molecule is CCCC/C=C(\F)Oc1ccc(S(=O)(=O)O)cc1. The fourth-order valence-electron chi connectivity index (χ4n) is 1.25. The molecule has 100 valence electrons. The number of benzene rings is 1. The highest BCUT2D eigenvalue weighted by Crippen LogP contribution is 2.18. The van der Waals surface area contributed by atoms with Gasteiger partial charge in [-0.05, 0) is 43.2 Å². The van der Waals surface area contributed by atoms with Crippen LogP contribution >= 0.6 is 0 Å². The molecule has 0 heterocycles. The van der Waals surface area contributed by atoms with Crippen LogP contribution in [0.15, 0.2) is 41.2 Å². The van der Waals surface area contributed by atoms with Gasteiger partial charge in [-0.2, -0.15) is 12.8 Å². The minimum Gasteiger partial charge on any atom is -0.432 e. The van der Waals surface area contributed by atoms with Crippen LogP contribution in [-0.4, -0.2) is 13.0 Å². The summed E-state index contributed by atoms with van der Waals surface area (Å²) in [5.41, 5.74) is 0. The molecule has 4 nitrogen and oxygen atoms in total. The van der Waals surface area contributed by atoms with E-state index in [0.717, 1.165) is 25.0 Å².